The van der Waals surface area contributed by atoms with E-state index in [-0.39, 0.29) is 18.2 Å². The molecule has 2 N–H and O–H groups in total. The average Bonchev–Trinajstić information content (AvgIpc) is 2.82. The van der Waals surface area contributed by atoms with Crippen molar-refractivity contribution in [1.82, 2.24) is 10.2 Å². The van der Waals surface area contributed by atoms with E-state index in [1.807, 2.05) is 12.1 Å². The lowest BCUT2D eigenvalue weighted by atomic mass is 9.78. The van der Waals surface area contributed by atoms with Crippen LogP contribution in [0.15, 0.2) is 18.2 Å². The molecular formula is C16H25ClN2O2. The van der Waals surface area contributed by atoms with Crippen LogP contribution in [0.25, 0.3) is 0 Å². The van der Waals surface area contributed by atoms with Gasteiger partial charge in [0.15, 0.2) is 11.5 Å². The lowest BCUT2D eigenvalue weighted by Crippen LogP contribution is -2.38. The van der Waals surface area contributed by atoms with Gasteiger partial charge >= 0.3 is 0 Å². The summed E-state index contributed by atoms with van der Waals surface area (Å²) in [4.78, 5) is 2.50. The van der Waals surface area contributed by atoms with Gasteiger partial charge in [0.2, 0.25) is 0 Å². The Morgan fingerprint density at radius 1 is 1.29 bits per heavy atom. The summed E-state index contributed by atoms with van der Waals surface area (Å²) in [6.45, 7) is 5.51. The lowest BCUT2D eigenvalue weighted by molar-refractivity contribution is 0.193. The maximum Gasteiger partial charge on any atom is 0.164 e. The Balaban J connectivity index is 0.00000161. The molecule has 2 aliphatic rings. The number of hydrogen-bond donors (Lipinski definition) is 2. The van der Waals surface area contributed by atoms with Gasteiger partial charge in [-0.25, -0.2) is 0 Å². The quantitative estimate of drug-likeness (QED) is 0.899. The zero-order chi connectivity index (χ0) is 14.0. The largest absolute Gasteiger partial charge is 0.504 e. The van der Waals surface area contributed by atoms with Crippen LogP contribution in [0.1, 0.15) is 24.8 Å². The van der Waals surface area contributed by atoms with Gasteiger partial charge in [0, 0.05) is 18.7 Å². The monoisotopic (exact) mass is 312 g/mol. The van der Waals surface area contributed by atoms with E-state index in [1.54, 1.807) is 13.2 Å². The molecule has 2 aliphatic heterocycles. The standard InChI is InChI=1S/C16H24N2O2.ClH/c1-20-15-13(3-2-4-14(15)19)11-18-10-7-16(12-18)5-8-17-9-6-16;/h2-4,17,19H,5-12H2,1H3;1H. The van der Waals surface area contributed by atoms with Crippen molar-refractivity contribution in [3.05, 3.63) is 23.8 Å². The molecule has 2 heterocycles. The summed E-state index contributed by atoms with van der Waals surface area (Å²) >= 11 is 0. The van der Waals surface area contributed by atoms with Crippen molar-refractivity contribution in [2.24, 2.45) is 5.41 Å². The van der Waals surface area contributed by atoms with Gasteiger partial charge < -0.3 is 15.2 Å². The molecule has 0 radical (unpaired) electrons. The number of para-hydroxylation sites is 1. The number of rotatable bonds is 3. The molecule has 0 amide bonds. The second-order valence-electron chi connectivity index (χ2n) is 6.18. The molecule has 2 saturated heterocycles. The van der Waals surface area contributed by atoms with E-state index in [0.29, 0.717) is 11.2 Å². The Kier molecular flexibility index (Phi) is 5.36. The van der Waals surface area contributed by atoms with Crippen molar-refractivity contribution in [3.63, 3.8) is 0 Å². The summed E-state index contributed by atoms with van der Waals surface area (Å²) in [6.07, 6.45) is 3.89. The highest BCUT2D eigenvalue weighted by molar-refractivity contribution is 5.85. The van der Waals surface area contributed by atoms with Crippen molar-refractivity contribution in [1.29, 1.82) is 0 Å². The maximum absolute atomic E-state index is 9.86. The fraction of sp³-hybridized carbons (Fsp3) is 0.625. The molecule has 4 nitrogen and oxygen atoms in total. The van der Waals surface area contributed by atoms with E-state index in [0.717, 1.165) is 31.7 Å². The summed E-state index contributed by atoms with van der Waals surface area (Å²) < 4.78 is 5.34. The first-order valence-electron chi connectivity index (χ1n) is 7.50. The van der Waals surface area contributed by atoms with Crippen LogP contribution in [-0.2, 0) is 6.54 Å². The first-order valence-corrected chi connectivity index (χ1v) is 7.50. The van der Waals surface area contributed by atoms with Gasteiger partial charge in [-0.3, -0.25) is 4.90 Å². The zero-order valence-corrected chi connectivity index (χ0v) is 13.4. The van der Waals surface area contributed by atoms with Gasteiger partial charge in [0.05, 0.1) is 7.11 Å². The van der Waals surface area contributed by atoms with Crippen LogP contribution in [0, 0.1) is 5.41 Å². The summed E-state index contributed by atoms with van der Waals surface area (Å²) in [6, 6.07) is 5.62. The molecule has 1 aromatic rings. The number of nitrogens with one attached hydrogen (secondary N) is 1. The summed E-state index contributed by atoms with van der Waals surface area (Å²) in [5.74, 6) is 0.861. The minimum absolute atomic E-state index is 0. The Morgan fingerprint density at radius 2 is 2.05 bits per heavy atom. The van der Waals surface area contributed by atoms with E-state index in [9.17, 15) is 5.11 Å². The van der Waals surface area contributed by atoms with Crippen LogP contribution in [0.4, 0.5) is 0 Å². The molecule has 2 fully saturated rings. The van der Waals surface area contributed by atoms with Gasteiger partial charge in [0.1, 0.15) is 0 Å². The van der Waals surface area contributed by atoms with Gasteiger partial charge in [-0.15, -0.1) is 12.4 Å². The zero-order valence-electron chi connectivity index (χ0n) is 12.6. The molecule has 3 rings (SSSR count). The fourth-order valence-corrected chi connectivity index (χ4v) is 3.70. The van der Waals surface area contributed by atoms with Gasteiger partial charge in [-0.2, -0.15) is 0 Å². The number of ether oxygens (including phenoxy) is 1. The molecule has 0 aromatic heterocycles. The number of phenols is 1. The topological polar surface area (TPSA) is 44.7 Å². The van der Waals surface area contributed by atoms with E-state index < -0.39 is 0 Å². The van der Waals surface area contributed by atoms with Gasteiger partial charge in [-0.1, -0.05) is 12.1 Å². The van der Waals surface area contributed by atoms with Crippen LogP contribution >= 0.6 is 12.4 Å². The molecule has 0 aliphatic carbocycles. The molecule has 0 atom stereocenters. The van der Waals surface area contributed by atoms with E-state index in [2.05, 4.69) is 10.2 Å². The summed E-state index contributed by atoms with van der Waals surface area (Å²) in [5, 5.41) is 13.3. The number of hydrogen-bond acceptors (Lipinski definition) is 4. The second-order valence-corrected chi connectivity index (χ2v) is 6.18. The van der Waals surface area contributed by atoms with Crippen molar-refractivity contribution >= 4 is 12.4 Å². The lowest BCUT2D eigenvalue weighted by Gasteiger charge is -2.34. The smallest absolute Gasteiger partial charge is 0.164 e. The first kappa shape index (κ1) is 16.4. The average molecular weight is 313 g/mol. The number of nitrogens with zero attached hydrogens (tertiary/aromatic N) is 1. The van der Waals surface area contributed by atoms with Crippen LogP contribution < -0.4 is 10.1 Å². The Hall–Kier alpha value is -0.970. The predicted octanol–water partition coefficient (Wildman–Crippen LogP) is 2.40. The van der Waals surface area contributed by atoms with Gasteiger partial charge in [0.25, 0.3) is 0 Å². The van der Waals surface area contributed by atoms with Crippen LogP contribution in [0.5, 0.6) is 11.5 Å². The number of benzene rings is 1. The SMILES string of the molecule is COc1c(O)cccc1CN1CCC2(CCNCC2)C1.Cl. The van der Waals surface area contributed by atoms with Gasteiger partial charge in [-0.05, 0) is 50.4 Å². The molecule has 118 valence electrons. The third-order valence-electron chi connectivity index (χ3n) is 4.86. The normalized spacial score (nSPS) is 21.2. The molecule has 1 aromatic carbocycles. The molecule has 5 heteroatoms. The molecular weight excluding hydrogens is 288 g/mol. The Labute approximate surface area is 132 Å². The Morgan fingerprint density at radius 3 is 2.76 bits per heavy atom. The minimum Gasteiger partial charge on any atom is -0.504 e. The van der Waals surface area contributed by atoms with Crippen LogP contribution in [-0.4, -0.2) is 43.3 Å². The number of aromatic hydroxyl groups is 1. The highest BCUT2D eigenvalue weighted by atomic mass is 35.5. The predicted molar refractivity (Wildman–Crippen MR) is 86.3 cm³/mol. The van der Waals surface area contributed by atoms with Crippen molar-refractivity contribution in [2.75, 3.05) is 33.3 Å². The second kappa shape index (κ2) is 6.86. The molecule has 0 unspecified atom stereocenters. The van der Waals surface area contributed by atoms with Crippen molar-refractivity contribution in [3.8, 4) is 11.5 Å². The van der Waals surface area contributed by atoms with Crippen molar-refractivity contribution in [2.45, 2.75) is 25.8 Å². The van der Waals surface area contributed by atoms with E-state index >= 15 is 0 Å². The molecule has 1 spiro atoms. The Bertz CT molecular complexity index is 475. The maximum atomic E-state index is 9.86. The number of likely N-dealkylation sites (tertiary alicyclic amines) is 1. The summed E-state index contributed by atoms with van der Waals surface area (Å²) in [7, 11) is 1.62. The minimum atomic E-state index is 0. The fourth-order valence-electron chi connectivity index (χ4n) is 3.70. The molecule has 0 saturated carbocycles. The highest BCUT2D eigenvalue weighted by Gasteiger charge is 2.38. The van der Waals surface area contributed by atoms with Crippen LogP contribution in [0.3, 0.4) is 0 Å². The number of piperidine rings is 1. The summed E-state index contributed by atoms with van der Waals surface area (Å²) in [5.41, 5.74) is 1.61. The number of methoxy groups -OCH3 is 1. The number of halogens is 1. The highest BCUT2D eigenvalue weighted by Crippen LogP contribution is 2.40. The first-order chi connectivity index (χ1) is 9.72. The molecule has 0 bridgehead atoms. The van der Waals surface area contributed by atoms with E-state index in [1.165, 1.54) is 25.8 Å². The van der Waals surface area contributed by atoms with Crippen LogP contribution in [0.2, 0.25) is 0 Å². The number of phenolic OH excluding ortho intramolecular Hbond substituents is 1. The van der Waals surface area contributed by atoms with Crippen molar-refractivity contribution < 1.29 is 9.84 Å². The third-order valence-corrected chi connectivity index (χ3v) is 4.86. The van der Waals surface area contributed by atoms with E-state index in [4.69, 9.17) is 4.74 Å². The third kappa shape index (κ3) is 3.44. The molecule has 21 heavy (non-hydrogen) atoms.